The molecule has 28 heavy (non-hydrogen) atoms. The fraction of sp³-hybridized carbons (Fsp3) is 0.261. The van der Waals surface area contributed by atoms with Crippen molar-refractivity contribution in [3.05, 3.63) is 78.1 Å². The van der Waals surface area contributed by atoms with Gasteiger partial charge >= 0.3 is 0 Å². The second kappa shape index (κ2) is 7.08. The molecule has 5 heteroatoms. The van der Waals surface area contributed by atoms with Crippen LogP contribution in [0, 0.1) is 0 Å². The lowest BCUT2D eigenvalue weighted by Crippen LogP contribution is -2.30. The maximum atomic E-state index is 13.2. The van der Waals surface area contributed by atoms with Crippen LogP contribution in [-0.2, 0) is 0 Å². The molecule has 1 amide bonds. The van der Waals surface area contributed by atoms with Crippen molar-refractivity contribution in [3.8, 4) is 17.2 Å². The van der Waals surface area contributed by atoms with Gasteiger partial charge in [0.05, 0.1) is 6.04 Å². The molecular weight excluding hydrogens is 352 g/mol. The van der Waals surface area contributed by atoms with Crippen molar-refractivity contribution in [1.82, 2.24) is 9.47 Å². The van der Waals surface area contributed by atoms with Gasteiger partial charge in [-0.15, -0.1) is 0 Å². The van der Waals surface area contributed by atoms with Crippen LogP contribution in [0.5, 0.6) is 11.5 Å². The highest BCUT2D eigenvalue weighted by atomic mass is 16.6. The first-order valence-electron chi connectivity index (χ1n) is 9.73. The lowest BCUT2D eigenvalue weighted by molar-refractivity contribution is 0.0735. The zero-order valence-electron chi connectivity index (χ0n) is 15.6. The van der Waals surface area contributed by atoms with Crippen molar-refractivity contribution in [1.29, 1.82) is 0 Å². The van der Waals surface area contributed by atoms with Crippen molar-refractivity contribution >= 4 is 5.91 Å². The average Bonchev–Trinajstić information content (AvgIpc) is 3.45. The lowest BCUT2D eigenvalue weighted by atomic mass is 10.0. The predicted octanol–water partition coefficient (Wildman–Crippen LogP) is 4.23. The Morgan fingerprint density at radius 1 is 0.929 bits per heavy atom. The molecule has 0 unspecified atom stereocenters. The van der Waals surface area contributed by atoms with E-state index in [4.69, 9.17) is 9.47 Å². The Kier molecular flexibility index (Phi) is 4.28. The first-order valence-corrected chi connectivity index (χ1v) is 9.73. The van der Waals surface area contributed by atoms with Crippen LogP contribution < -0.4 is 9.47 Å². The second-order valence-corrected chi connectivity index (χ2v) is 7.20. The van der Waals surface area contributed by atoms with Crippen LogP contribution in [0.25, 0.3) is 5.69 Å². The molecule has 0 saturated carbocycles. The first kappa shape index (κ1) is 16.9. The lowest BCUT2D eigenvalue weighted by Gasteiger charge is -2.27. The Morgan fingerprint density at radius 2 is 1.68 bits per heavy atom. The van der Waals surface area contributed by atoms with Crippen LogP contribution in [0.15, 0.2) is 67.0 Å². The minimum Gasteiger partial charge on any atom is -0.486 e. The molecule has 1 atom stereocenters. The summed E-state index contributed by atoms with van der Waals surface area (Å²) in [5, 5.41) is 0. The van der Waals surface area contributed by atoms with Crippen LogP contribution in [0.1, 0.15) is 34.8 Å². The summed E-state index contributed by atoms with van der Waals surface area (Å²) in [5.41, 5.74) is 2.88. The molecule has 0 spiro atoms. The Balaban J connectivity index is 1.38. The normalized spacial score (nSPS) is 18.3. The molecule has 2 aliphatic heterocycles. The SMILES string of the molecule is O=C(c1ccc(-n2cccc2)cc1)N1CCC[C@H]1c1ccc2c(c1)OCCO2. The van der Waals surface area contributed by atoms with Crippen molar-refractivity contribution in [2.45, 2.75) is 18.9 Å². The highest BCUT2D eigenvalue weighted by Gasteiger charge is 2.31. The zero-order valence-corrected chi connectivity index (χ0v) is 15.6. The van der Waals surface area contributed by atoms with Gasteiger partial charge in [0.2, 0.25) is 0 Å². The van der Waals surface area contributed by atoms with E-state index in [-0.39, 0.29) is 11.9 Å². The average molecular weight is 374 g/mol. The standard InChI is InChI=1S/C23H22N2O3/c26-23(17-5-8-19(9-6-17)24-11-1-2-12-24)25-13-3-4-20(25)18-7-10-21-22(16-18)28-15-14-27-21/h1-2,5-12,16,20H,3-4,13-15H2/t20-/m0/s1. The summed E-state index contributed by atoms with van der Waals surface area (Å²) in [7, 11) is 0. The Labute approximate surface area is 164 Å². The van der Waals surface area contributed by atoms with Gasteiger partial charge in [0.25, 0.3) is 5.91 Å². The van der Waals surface area contributed by atoms with Gasteiger partial charge in [0.1, 0.15) is 13.2 Å². The third kappa shape index (κ3) is 3.03. The molecule has 1 fully saturated rings. The first-order chi connectivity index (χ1) is 13.8. The summed E-state index contributed by atoms with van der Waals surface area (Å²) < 4.78 is 13.4. The van der Waals surface area contributed by atoms with Gasteiger partial charge in [-0.1, -0.05) is 6.07 Å². The van der Waals surface area contributed by atoms with E-state index in [1.165, 1.54) is 0 Å². The molecule has 2 aromatic carbocycles. The van der Waals surface area contributed by atoms with Crippen LogP contribution in [0.4, 0.5) is 0 Å². The highest BCUT2D eigenvalue weighted by Crippen LogP contribution is 2.38. The van der Waals surface area contributed by atoms with Crippen LogP contribution in [-0.4, -0.2) is 35.1 Å². The third-order valence-electron chi connectivity index (χ3n) is 5.48. The molecule has 5 rings (SSSR count). The maximum Gasteiger partial charge on any atom is 0.254 e. The molecule has 0 bridgehead atoms. The van der Waals surface area contributed by atoms with Gasteiger partial charge in [-0.05, 0) is 66.9 Å². The molecular formula is C23H22N2O3. The number of nitrogens with zero attached hydrogens (tertiary/aromatic N) is 2. The summed E-state index contributed by atoms with van der Waals surface area (Å²) in [6.45, 7) is 1.92. The van der Waals surface area contributed by atoms with Gasteiger partial charge in [0.15, 0.2) is 11.5 Å². The summed E-state index contributed by atoms with van der Waals surface area (Å²) in [5.74, 6) is 1.64. The molecule has 0 N–H and O–H groups in total. The van der Waals surface area contributed by atoms with Crippen LogP contribution in [0.3, 0.4) is 0 Å². The van der Waals surface area contributed by atoms with Gasteiger partial charge in [-0.2, -0.15) is 0 Å². The molecule has 0 aliphatic carbocycles. The molecule has 1 saturated heterocycles. The molecule has 142 valence electrons. The van der Waals surface area contributed by atoms with Crippen LogP contribution >= 0.6 is 0 Å². The van der Waals surface area contributed by atoms with Crippen molar-refractivity contribution in [3.63, 3.8) is 0 Å². The molecule has 3 aromatic rings. The van der Waals surface area contributed by atoms with Gasteiger partial charge < -0.3 is 18.9 Å². The fourth-order valence-corrected chi connectivity index (χ4v) is 4.07. The molecule has 2 aliphatic rings. The van der Waals surface area contributed by atoms with Gasteiger partial charge in [-0.3, -0.25) is 4.79 Å². The maximum absolute atomic E-state index is 13.2. The zero-order chi connectivity index (χ0) is 18.9. The predicted molar refractivity (Wildman–Crippen MR) is 106 cm³/mol. The number of hydrogen-bond donors (Lipinski definition) is 0. The molecule has 3 heterocycles. The van der Waals surface area contributed by atoms with Gasteiger partial charge in [0, 0.05) is 30.2 Å². The number of carbonyl (C=O) groups is 1. The number of aromatic nitrogens is 1. The van der Waals surface area contributed by atoms with E-state index in [0.717, 1.165) is 47.7 Å². The van der Waals surface area contributed by atoms with E-state index in [9.17, 15) is 4.79 Å². The van der Waals surface area contributed by atoms with E-state index >= 15 is 0 Å². The van der Waals surface area contributed by atoms with Crippen molar-refractivity contribution in [2.75, 3.05) is 19.8 Å². The third-order valence-corrected chi connectivity index (χ3v) is 5.48. The van der Waals surface area contributed by atoms with Crippen molar-refractivity contribution in [2.24, 2.45) is 0 Å². The summed E-state index contributed by atoms with van der Waals surface area (Å²) in [6, 6.07) is 17.9. The number of rotatable bonds is 3. The molecule has 1 aromatic heterocycles. The summed E-state index contributed by atoms with van der Waals surface area (Å²) in [4.78, 5) is 15.2. The number of ether oxygens (including phenoxy) is 2. The topological polar surface area (TPSA) is 43.7 Å². The number of likely N-dealkylation sites (tertiary alicyclic amines) is 1. The smallest absolute Gasteiger partial charge is 0.254 e. The fourth-order valence-electron chi connectivity index (χ4n) is 4.07. The van der Waals surface area contributed by atoms with E-state index < -0.39 is 0 Å². The minimum atomic E-state index is 0.0763. The Bertz CT molecular complexity index is 980. The minimum absolute atomic E-state index is 0.0763. The summed E-state index contributed by atoms with van der Waals surface area (Å²) in [6.07, 6.45) is 5.96. The number of hydrogen-bond acceptors (Lipinski definition) is 3. The number of amides is 1. The summed E-state index contributed by atoms with van der Waals surface area (Å²) >= 11 is 0. The van der Waals surface area contributed by atoms with Gasteiger partial charge in [-0.25, -0.2) is 0 Å². The Morgan fingerprint density at radius 3 is 2.46 bits per heavy atom. The number of fused-ring (bicyclic) bond motifs is 1. The van der Waals surface area contributed by atoms with E-state index in [2.05, 4.69) is 6.07 Å². The largest absolute Gasteiger partial charge is 0.486 e. The van der Waals surface area contributed by atoms with E-state index in [0.29, 0.717) is 13.2 Å². The second-order valence-electron chi connectivity index (χ2n) is 7.20. The van der Waals surface area contributed by atoms with E-state index in [1.807, 2.05) is 70.4 Å². The Hall–Kier alpha value is -3.21. The van der Waals surface area contributed by atoms with Crippen LogP contribution in [0.2, 0.25) is 0 Å². The van der Waals surface area contributed by atoms with Crippen molar-refractivity contribution < 1.29 is 14.3 Å². The highest BCUT2D eigenvalue weighted by molar-refractivity contribution is 5.95. The number of carbonyl (C=O) groups excluding carboxylic acids is 1. The monoisotopic (exact) mass is 374 g/mol. The molecule has 5 nitrogen and oxygen atoms in total. The molecule has 0 radical (unpaired) electrons. The number of benzene rings is 2. The quantitative estimate of drug-likeness (QED) is 0.689. The van der Waals surface area contributed by atoms with E-state index in [1.54, 1.807) is 0 Å².